The van der Waals surface area contributed by atoms with E-state index in [1.165, 1.54) is 0 Å². The monoisotopic (exact) mass is 337 g/mol. The molecule has 2 heterocycles. The average molecular weight is 338 g/mol. The molecule has 4 N–H and O–H groups in total. The topological polar surface area (TPSA) is 111 Å². The van der Waals surface area contributed by atoms with Crippen molar-refractivity contribution < 1.29 is 19.3 Å². The van der Waals surface area contributed by atoms with E-state index in [0.29, 0.717) is 0 Å². The molecule has 1 saturated heterocycles. The Morgan fingerprint density at radius 3 is 2.95 bits per heavy atom. The molecule has 0 aromatic carbocycles. The van der Waals surface area contributed by atoms with Gasteiger partial charge >= 0.3 is 5.69 Å². The number of aliphatic hydroxyl groups excluding tert-OH is 2. The molecule has 0 aliphatic carbocycles. The standard InChI is InChI=1S/C10H13BrFN3O4/c11-3-10(4-16)6(17)1-7(19-10)15-2-5(12)8(13)14-9(15)18/h2,6-7,16-17H,1,3-4H2,(H2,13,14,18)/t6-,7+,10+/m0/s1. The first-order valence-corrected chi connectivity index (χ1v) is 6.62. The average Bonchev–Trinajstić information content (AvgIpc) is 2.71. The van der Waals surface area contributed by atoms with Gasteiger partial charge in [0.05, 0.1) is 18.9 Å². The summed E-state index contributed by atoms with van der Waals surface area (Å²) < 4.78 is 19.7. The molecule has 1 aromatic heterocycles. The van der Waals surface area contributed by atoms with Gasteiger partial charge in [-0.25, -0.2) is 9.18 Å². The van der Waals surface area contributed by atoms with Gasteiger partial charge in [-0.05, 0) is 0 Å². The first-order valence-electron chi connectivity index (χ1n) is 5.50. The van der Waals surface area contributed by atoms with E-state index < -0.39 is 41.9 Å². The highest BCUT2D eigenvalue weighted by molar-refractivity contribution is 9.09. The van der Waals surface area contributed by atoms with Crippen molar-refractivity contribution in [2.75, 3.05) is 17.7 Å². The van der Waals surface area contributed by atoms with Crippen LogP contribution < -0.4 is 11.4 Å². The van der Waals surface area contributed by atoms with Gasteiger partial charge in [0.1, 0.15) is 11.8 Å². The van der Waals surface area contributed by atoms with E-state index in [0.717, 1.165) is 10.8 Å². The molecule has 0 saturated carbocycles. The minimum atomic E-state index is -1.22. The van der Waals surface area contributed by atoms with Gasteiger partial charge in [-0.2, -0.15) is 4.98 Å². The molecule has 0 bridgehead atoms. The Balaban J connectivity index is 2.36. The molecule has 19 heavy (non-hydrogen) atoms. The molecule has 1 aliphatic heterocycles. The molecule has 0 spiro atoms. The first-order chi connectivity index (χ1) is 8.93. The van der Waals surface area contributed by atoms with Gasteiger partial charge in [0.2, 0.25) is 0 Å². The lowest BCUT2D eigenvalue weighted by molar-refractivity contribution is -0.113. The fraction of sp³-hybridized carbons (Fsp3) is 0.600. The van der Waals surface area contributed by atoms with Gasteiger partial charge in [0, 0.05) is 11.8 Å². The normalized spacial score (nSPS) is 30.7. The molecule has 1 fully saturated rings. The van der Waals surface area contributed by atoms with Crippen LogP contribution in [0.3, 0.4) is 0 Å². The number of halogens is 2. The summed E-state index contributed by atoms with van der Waals surface area (Å²) in [6.07, 6.45) is -0.981. The van der Waals surface area contributed by atoms with Gasteiger partial charge in [-0.3, -0.25) is 4.57 Å². The molecule has 0 radical (unpaired) electrons. The third-order valence-corrected chi connectivity index (χ3v) is 4.09. The van der Waals surface area contributed by atoms with Crippen molar-refractivity contribution in [3.05, 3.63) is 22.5 Å². The smallest absolute Gasteiger partial charge is 0.351 e. The van der Waals surface area contributed by atoms with Gasteiger partial charge < -0.3 is 20.7 Å². The van der Waals surface area contributed by atoms with E-state index in [1.54, 1.807) is 0 Å². The Kier molecular flexibility index (Phi) is 3.90. The highest BCUT2D eigenvalue weighted by Crippen LogP contribution is 2.37. The molecule has 106 valence electrons. The molecular weight excluding hydrogens is 325 g/mol. The highest BCUT2D eigenvalue weighted by atomic mass is 79.9. The van der Waals surface area contributed by atoms with E-state index >= 15 is 0 Å². The van der Waals surface area contributed by atoms with Crippen molar-refractivity contribution >= 4 is 21.7 Å². The molecule has 1 aliphatic rings. The van der Waals surface area contributed by atoms with E-state index in [-0.39, 0.29) is 11.8 Å². The number of nitrogen functional groups attached to an aromatic ring is 1. The van der Waals surface area contributed by atoms with E-state index in [1.807, 2.05) is 0 Å². The quantitative estimate of drug-likeness (QED) is 0.633. The van der Waals surface area contributed by atoms with Crippen LogP contribution in [0.5, 0.6) is 0 Å². The second kappa shape index (κ2) is 5.16. The van der Waals surface area contributed by atoms with Crippen LogP contribution in [0.25, 0.3) is 0 Å². The van der Waals surface area contributed by atoms with Gasteiger partial charge in [0.15, 0.2) is 11.6 Å². The van der Waals surface area contributed by atoms with Crippen molar-refractivity contribution in [1.82, 2.24) is 9.55 Å². The number of hydrogen-bond acceptors (Lipinski definition) is 6. The molecule has 9 heteroatoms. The van der Waals surface area contributed by atoms with Crippen LogP contribution in [0, 0.1) is 5.82 Å². The second-order valence-electron chi connectivity index (χ2n) is 4.34. The molecule has 2 rings (SSSR count). The zero-order chi connectivity index (χ0) is 14.2. The number of nitrogens with two attached hydrogens (primary N) is 1. The summed E-state index contributed by atoms with van der Waals surface area (Å²) in [7, 11) is 0. The van der Waals surface area contributed by atoms with Gasteiger partial charge in [-0.15, -0.1) is 0 Å². The van der Waals surface area contributed by atoms with Crippen LogP contribution in [0.4, 0.5) is 10.2 Å². The molecule has 7 nitrogen and oxygen atoms in total. The minimum absolute atomic E-state index is 0.0388. The predicted octanol–water partition coefficient (Wildman–Crippen LogP) is -0.630. The van der Waals surface area contributed by atoms with E-state index in [4.69, 9.17) is 10.5 Å². The van der Waals surface area contributed by atoms with Crippen molar-refractivity contribution in [1.29, 1.82) is 0 Å². The van der Waals surface area contributed by atoms with Crippen LogP contribution in [-0.2, 0) is 4.74 Å². The number of aromatic nitrogens is 2. The maximum absolute atomic E-state index is 13.3. The van der Waals surface area contributed by atoms with E-state index in [2.05, 4.69) is 20.9 Å². The van der Waals surface area contributed by atoms with Crippen molar-refractivity contribution in [3.63, 3.8) is 0 Å². The number of aliphatic hydroxyl groups is 2. The molecule has 3 atom stereocenters. The molecule has 0 unspecified atom stereocenters. The number of ether oxygens (including phenoxy) is 1. The Morgan fingerprint density at radius 2 is 2.42 bits per heavy atom. The van der Waals surface area contributed by atoms with Crippen LogP contribution >= 0.6 is 15.9 Å². The maximum Gasteiger partial charge on any atom is 0.351 e. The second-order valence-corrected chi connectivity index (χ2v) is 4.91. The Morgan fingerprint density at radius 1 is 1.74 bits per heavy atom. The number of rotatable bonds is 3. The largest absolute Gasteiger partial charge is 0.393 e. The summed E-state index contributed by atoms with van der Waals surface area (Å²) >= 11 is 3.14. The molecule has 1 aromatic rings. The lowest BCUT2D eigenvalue weighted by atomic mass is 10.0. The fourth-order valence-corrected chi connectivity index (χ4v) is 2.63. The van der Waals surface area contributed by atoms with Crippen molar-refractivity contribution in [2.24, 2.45) is 0 Å². The summed E-state index contributed by atoms with van der Waals surface area (Å²) in [4.78, 5) is 15.0. The van der Waals surface area contributed by atoms with Crippen LogP contribution in [0.15, 0.2) is 11.0 Å². The predicted molar refractivity (Wildman–Crippen MR) is 67.2 cm³/mol. The van der Waals surface area contributed by atoms with E-state index in [9.17, 15) is 19.4 Å². The number of alkyl halides is 1. The highest BCUT2D eigenvalue weighted by Gasteiger charge is 2.48. The summed E-state index contributed by atoms with van der Waals surface area (Å²) in [6.45, 7) is -0.435. The Labute approximate surface area is 116 Å². The van der Waals surface area contributed by atoms with Crippen molar-refractivity contribution in [2.45, 2.75) is 24.4 Å². The van der Waals surface area contributed by atoms with Crippen LogP contribution in [0.2, 0.25) is 0 Å². The zero-order valence-corrected chi connectivity index (χ0v) is 11.4. The lowest BCUT2D eigenvalue weighted by Gasteiger charge is -2.27. The Bertz CT molecular complexity index is 534. The first kappa shape index (κ1) is 14.4. The number of nitrogens with zero attached hydrogens (tertiary/aromatic N) is 2. The summed E-state index contributed by atoms with van der Waals surface area (Å²) in [5.41, 5.74) is 3.19. The summed E-state index contributed by atoms with van der Waals surface area (Å²) in [6, 6.07) is 0. The summed E-state index contributed by atoms with van der Waals surface area (Å²) in [5, 5.41) is 19.4. The summed E-state index contributed by atoms with van der Waals surface area (Å²) in [5.74, 6) is -1.34. The van der Waals surface area contributed by atoms with Gasteiger partial charge in [0.25, 0.3) is 0 Å². The zero-order valence-electron chi connectivity index (χ0n) is 9.79. The molecule has 0 amide bonds. The fourth-order valence-electron chi connectivity index (χ4n) is 1.94. The third kappa shape index (κ3) is 2.38. The SMILES string of the molecule is Nc1nc(=O)n([C@H]2C[C@H](O)[C@](CO)(CBr)O2)cc1F. The van der Waals surface area contributed by atoms with Crippen LogP contribution in [-0.4, -0.2) is 43.4 Å². The maximum atomic E-state index is 13.3. The third-order valence-electron chi connectivity index (χ3n) is 3.14. The van der Waals surface area contributed by atoms with Gasteiger partial charge in [-0.1, -0.05) is 15.9 Å². The minimum Gasteiger partial charge on any atom is -0.393 e. The Hall–Kier alpha value is -1.03. The number of hydrogen-bond donors (Lipinski definition) is 3. The lowest BCUT2D eigenvalue weighted by Crippen LogP contribution is -2.45. The van der Waals surface area contributed by atoms with Crippen LogP contribution in [0.1, 0.15) is 12.6 Å². The van der Waals surface area contributed by atoms with Crippen molar-refractivity contribution in [3.8, 4) is 0 Å². The number of anilines is 1. The molecular formula is C10H13BrFN3O4.